The van der Waals surface area contributed by atoms with Crippen LogP contribution < -0.4 is 0 Å². The van der Waals surface area contributed by atoms with Crippen molar-refractivity contribution in [3.05, 3.63) is 216 Å². The number of aromatic nitrogens is 2. The summed E-state index contributed by atoms with van der Waals surface area (Å²) in [6.07, 6.45) is -10.3. The minimum atomic E-state index is -5.14. The number of benzene rings is 9. The normalized spacial score (nSPS) is 11.8. The van der Waals surface area contributed by atoms with Crippen LogP contribution in [0.4, 0.5) is 26.3 Å². The summed E-state index contributed by atoms with van der Waals surface area (Å²) in [6.45, 7) is 0. The van der Waals surface area contributed by atoms with Crippen LogP contribution in [0.2, 0.25) is 0 Å². The number of hydrogen-bond donors (Lipinski definition) is 0. The zero-order valence-corrected chi connectivity index (χ0v) is 36.4. The maximum atomic E-state index is 14.9. The lowest BCUT2D eigenvalue weighted by Gasteiger charge is -2.22. The van der Waals surface area contributed by atoms with Crippen LogP contribution >= 0.6 is 0 Å². The number of para-hydroxylation sites is 2. The lowest BCUT2D eigenvalue weighted by atomic mass is 9.90. The van der Waals surface area contributed by atoms with E-state index in [9.17, 15) is 42.1 Å². The Balaban J connectivity index is 1.23. The van der Waals surface area contributed by atoms with E-state index in [1.165, 1.54) is 12.1 Å². The summed E-state index contributed by atoms with van der Waals surface area (Å²) < 4.78 is 93.6. The highest BCUT2D eigenvalue weighted by Crippen LogP contribution is 2.48. The molecule has 0 bridgehead atoms. The molecule has 0 radical (unpaired) electrons. The van der Waals surface area contributed by atoms with Crippen LogP contribution in [-0.2, 0) is 12.4 Å². The van der Waals surface area contributed by atoms with Crippen molar-refractivity contribution in [2.24, 2.45) is 0 Å². The monoisotopic (exact) mass is 923 g/mol. The summed E-state index contributed by atoms with van der Waals surface area (Å²) >= 11 is 0. The number of rotatable bonds is 6. The van der Waals surface area contributed by atoms with Crippen molar-refractivity contribution in [2.75, 3.05) is 0 Å². The van der Waals surface area contributed by atoms with E-state index < -0.39 is 29.0 Å². The Bertz CT molecular complexity index is 4030. The molecule has 2 heterocycles. The molecule has 0 aliphatic heterocycles. The van der Waals surface area contributed by atoms with Crippen LogP contribution in [0.25, 0.3) is 99.5 Å². The predicted molar refractivity (Wildman–Crippen MR) is 261 cm³/mol. The average Bonchev–Trinajstić information content (AvgIpc) is 3.89. The van der Waals surface area contributed by atoms with Crippen LogP contribution in [0, 0.1) is 34.0 Å². The second-order valence-electron chi connectivity index (χ2n) is 16.8. The molecule has 0 amide bonds. The third kappa shape index (κ3) is 7.18. The van der Waals surface area contributed by atoms with E-state index in [1.54, 1.807) is 48.5 Å². The number of fused-ring (bicyclic) bond motifs is 6. The molecular formula is C59H31F6N5. The second kappa shape index (κ2) is 16.4. The Morgan fingerprint density at radius 3 is 1.24 bits per heavy atom. The Labute approximate surface area is 395 Å². The second-order valence-corrected chi connectivity index (χ2v) is 16.8. The largest absolute Gasteiger partial charge is 0.417 e. The fourth-order valence-electron chi connectivity index (χ4n) is 9.75. The van der Waals surface area contributed by atoms with E-state index in [-0.39, 0.29) is 11.1 Å². The predicted octanol–water partition coefficient (Wildman–Crippen LogP) is 16.2. The van der Waals surface area contributed by atoms with Crippen LogP contribution in [0.5, 0.6) is 0 Å². The molecule has 70 heavy (non-hydrogen) atoms. The van der Waals surface area contributed by atoms with E-state index in [1.807, 2.05) is 118 Å². The number of halogens is 6. The van der Waals surface area contributed by atoms with E-state index in [0.29, 0.717) is 51.3 Å². The van der Waals surface area contributed by atoms with Gasteiger partial charge in [0.15, 0.2) is 0 Å². The number of alkyl halides is 6. The Hall–Kier alpha value is -9.37. The maximum absolute atomic E-state index is 14.9. The van der Waals surface area contributed by atoms with Crippen LogP contribution in [0.1, 0.15) is 27.8 Å². The molecule has 0 fully saturated rings. The van der Waals surface area contributed by atoms with Gasteiger partial charge < -0.3 is 9.13 Å². The minimum absolute atomic E-state index is 0.269. The third-order valence-corrected chi connectivity index (χ3v) is 12.9. The molecule has 0 aliphatic rings. The number of nitrogens with zero attached hydrogens (tertiary/aromatic N) is 5. The first-order valence-electron chi connectivity index (χ1n) is 21.9. The molecule has 334 valence electrons. The molecule has 5 nitrogen and oxygen atoms in total. The fraction of sp³-hybridized carbons (Fsp3) is 0.0339. The first-order valence-corrected chi connectivity index (χ1v) is 21.9. The first-order chi connectivity index (χ1) is 33.8. The van der Waals surface area contributed by atoms with Gasteiger partial charge >= 0.3 is 12.4 Å². The molecule has 0 unspecified atom stereocenters. The summed E-state index contributed by atoms with van der Waals surface area (Å²) in [7, 11) is 0. The molecule has 0 spiro atoms. The van der Waals surface area contributed by atoms with Crippen molar-refractivity contribution >= 4 is 43.6 Å². The lowest BCUT2D eigenvalue weighted by molar-refractivity contribution is -0.142. The summed E-state index contributed by atoms with van der Waals surface area (Å²) in [5.41, 5.74) is 5.09. The first kappa shape index (κ1) is 43.2. The van der Waals surface area contributed by atoms with Crippen molar-refractivity contribution in [1.29, 1.82) is 15.8 Å². The maximum Gasteiger partial charge on any atom is 0.417 e. The zero-order valence-electron chi connectivity index (χ0n) is 36.4. The molecule has 0 aliphatic carbocycles. The van der Waals surface area contributed by atoms with Gasteiger partial charge in [-0.15, -0.1) is 0 Å². The van der Waals surface area contributed by atoms with Gasteiger partial charge in [-0.05, 0) is 125 Å². The van der Waals surface area contributed by atoms with Gasteiger partial charge in [0.2, 0.25) is 0 Å². The summed E-state index contributed by atoms with van der Waals surface area (Å²) in [4.78, 5) is 0. The molecular weight excluding hydrogens is 893 g/mol. The topological polar surface area (TPSA) is 81.2 Å². The van der Waals surface area contributed by atoms with Gasteiger partial charge in [-0.1, -0.05) is 91.0 Å². The van der Waals surface area contributed by atoms with Crippen molar-refractivity contribution in [2.45, 2.75) is 12.4 Å². The van der Waals surface area contributed by atoms with Gasteiger partial charge in [0.05, 0.1) is 79.5 Å². The highest BCUT2D eigenvalue weighted by Gasteiger charge is 2.41. The van der Waals surface area contributed by atoms with Gasteiger partial charge in [0.1, 0.15) is 0 Å². The molecule has 2 aromatic heterocycles. The van der Waals surface area contributed by atoms with Gasteiger partial charge in [0.25, 0.3) is 0 Å². The summed E-state index contributed by atoms with van der Waals surface area (Å²) in [5.74, 6) is 0. The van der Waals surface area contributed by atoms with Crippen molar-refractivity contribution in [1.82, 2.24) is 9.13 Å². The van der Waals surface area contributed by atoms with Crippen molar-refractivity contribution in [3.8, 4) is 74.1 Å². The molecule has 11 rings (SSSR count). The van der Waals surface area contributed by atoms with Gasteiger partial charge in [-0.25, -0.2) is 0 Å². The Morgan fingerprint density at radius 1 is 0.329 bits per heavy atom. The van der Waals surface area contributed by atoms with Crippen LogP contribution in [-0.4, -0.2) is 9.13 Å². The van der Waals surface area contributed by atoms with Crippen LogP contribution in [0.3, 0.4) is 0 Å². The molecule has 11 heteroatoms. The van der Waals surface area contributed by atoms with E-state index in [4.69, 9.17) is 0 Å². The zero-order chi connectivity index (χ0) is 48.5. The average molecular weight is 924 g/mol. The SMILES string of the molecule is N#Cc1ccc(-c2ccc3c(c2)c2ccccc2n3-c2ccc(-c3c(C(F)(F)F)cccc3C(F)(F)F)cc2-c2ccc(C#N)cc2-n2c3ccccc3c3cc(-c4ccc(C#N)cc4)ccc32)cc1. The third-order valence-electron chi connectivity index (χ3n) is 12.9. The molecule has 0 N–H and O–H groups in total. The smallest absolute Gasteiger partial charge is 0.309 e. The van der Waals surface area contributed by atoms with Gasteiger partial charge in [0, 0.05) is 38.2 Å². The quantitative estimate of drug-likeness (QED) is 0.156. The van der Waals surface area contributed by atoms with E-state index in [0.717, 1.165) is 66.4 Å². The van der Waals surface area contributed by atoms with Crippen molar-refractivity contribution < 1.29 is 26.3 Å². The molecule has 0 saturated carbocycles. The van der Waals surface area contributed by atoms with Gasteiger partial charge in [-0.3, -0.25) is 0 Å². The lowest BCUT2D eigenvalue weighted by Crippen LogP contribution is -2.14. The number of hydrogen-bond acceptors (Lipinski definition) is 3. The Morgan fingerprint density at radius 2 is 0.757 bits per heavy atom. The van der Waals surface area contributed by atoms with Crippen molar-refractivity contribution in [3.63, 3.8) is 0 Å². The van der Waals surface area contributed by atoms with E-state index in [2.05, 4.69) is 18.2 Å². The van der Waals surface area contributed by atoms with Crippen LogP contribution in [0.15, 0.2) is 188 Å². The molecule has 11 aromatic rings. The number of nitriles is 3. The highest BCUT2D eigenvalue weighted by molar-refractivity contribution is 6.13. The highest BCUT2D eigenvalue weighted by atomic mass is 19.4. The fourth-order valence-corrected chi connectivity index (χ4v) is 9.75. The van der Waals surface area contributed by atoms with Gasteiger partial charge in [-0.2, -0.15) is 42.1 Å². The minimum Gasteiger partial charge on any atom is -0.309 e. The summed E-state index contributed by atoms with van der Waals surface area (Å²) in [5, 5.41) is 32.6. The standard InChI is InChI=1S/C59H31F6N5/c60-58(61,62)49-8-5-9-50(59(63,64)65)57(49)42-23-27-54(69-51-10-3-1-6-43(51)46-29-40(21-25-53(46)69)38-17-12-35(32-66)13-18-38)48(31-42)45-24-16-37(34-68)28-56(45)70-52-11-4-2-7-44(52)47-30-41(22-26-55(47)70)39-19-14-36(33-67)15-20-39/h1-31H. The van der Waals surface area contributed by atoms with E-state index >= 15 is 0 Å². The molecule has 9 aromatic carbocycles. The molecule has 0 atom stereocenters. The summed E-state index contributed by atoms with van der Waals surface area (Å²) in [6, 6.07) is 59.3. The molecule has 0 saturated heterocycles. The Kier molecular flexibility index (Phi) is 10.2.